The van der Waals surface area contributed by atoms with E-state index in [0.717, 1.165) is 15.7 Å². The number of carbonyl (C=O) groups excluding carboxylic acids is 1. The molecule has 1 rings (SSSR count). The SMILES string of the molecule is CC(O)c1ccc(N(CC(N)=O)C(C)C)c(Br)c1. The van der Waals surface area contributed by atoms with Crippen LogP contribution < -0.4 is 10.6 Å². The van der Waals surface area contributed by atoms with Crippen LogP contribution in [0, 0.1) is 0 Å². The molecule has 0 saturated heterocycles. The molecule has 1 aromatic carbocycles. The number of nitrogens with two attached hydrogens (primary N) is 1. The van der Waals surface area contributed by atoms with Gasteiger partial charge in [-0.1, -0.05) is 6.07 Å². The summed E-state index contributed by atoms with van der Waals surface area (Å²) in [5, 5.41) is 9.52. The molecule has 0 spiro atoms. The van der Waals surface area contributed by atoms with Crippen LogP contribution in [0.15, 0.2) is 22.7 Å². The van der Waals surface area contributed by atoms with Gasteiger partial charge in [0.05, 0.1) is 18.3 Å². The third-order valence-corrected chi connectivity index (χ3v) is 3.35. The van der Waals surface area contributed by atoms with Gasteiger partial charge in [0, 0.05) is 10.5 Å². The number of amides is 1. The zero-order valence-electron chi connectivity index (χ0n) is 10.9. The Morgan fingerprint density at radius 2 is 2.06 bits per heavy atom. The molecule has 0 fully saturated rings. The molecule has 1 atom stereocenters. The molecular weight excluding hydrogens is 296 g/mol. The first-order valence-electron chi connectivity index (χ1n) is 5.85. The third-order valence-electron chi connectivity index (χ3n) is 2.71. The van der Waals surface area contributed by atoms with Crippen LogP contribution >= 0.6 is 15.9 Å². The molecule has 4 nitrogen and oxygen atoms in total. The van der Waals surface area contributed by atoms with Crippen LogP contribution in [0.2, 0.25) is 0 Å². The highest BCUT2D eigenvalue weighted by atomic mass is 79.9. The van der Waals surface area contributed by atoms with Crippen molar-refractivity contribution in [2.24, 2.45) is 5.73 Å². The fraction of sp³-hybridized carbons (Fsp3) is 0.462. The highest BCUT2D eigenvalue weighted by molar-refractivity contribution is 9.10. The fourth-order valence-corrected chi connectivity index (χ4v) is 2.35. The van der Waals surface area contributed by atoms with Gasteiger partial charge in [-0.3, -0.25) is 4.79 Å². The van der Waals surface area contributed by atoms with Gasteiger partial charge in [0.15, 0.2) is 0 Å². The van der Waals surface area contributed by atoms with Crippen LogP contribution in [0.4, 0.5) is 5.69 Å². The minimum absolute atomic E-state index is 0.159. The molecule has 0 radical (unpaired) electrons. The first kappa shape index (κ1) is 15.0. The average molecular weight is 315 g/mol. The molecule has 1 aromatic rings. The van der Waals surface area contributed by atoms with Gasteiger partial charge >= 0.3 is 0 Å². The summed E-state index contributed by atoms with van der Waals surface area (Å²) in [5.74, 6) is -0.366. The first-order chi connectivity index (χ1) is 8.32. The molecule has 0 aliphatic heterocycles. The molecule has 5 heteroatoms. The van der Waals surface area contributed by atoms with Crippen LogP contribution in [0.1, 0.15) is 32.4 Å². The first-order valence-corrected chi connectivity index (χ1v) is 6.64. The van der Waals surface area contributed by atoms with E-state index in [1.165, 1.54) is 0 Å². The van der Waals surface area contributed by atoms with Crippen molar-refractivity contribution in [3.63, 3.8) is 0 Å². The minimum Gasteiger partial charge on any atom is -0.389 e. The number of aliphatic hydroxyl groups is 1. The Hall–Kier alpha value is -1.07. The van der Waals surface area contributed by atoms with E-state index in [2.05, 4.69) is 15.9 Å². The van der Waals surface area contributed by atoms with Crippen LogP contribution in [0.3, 0.4) is 0 Å². The van der Waals surface area contributed by atoms with Gasteiger partial charge in [-0.15, -0.1) is 0 Å². The lowest BCUT2D eigenvalue weighted by Gasteiger charge is -2.29. The van der Waals surface area contributed by atoms with Gasteiger partial charge in [0.25, 0.3) is 0 Å². The maximum atomic E-state index is 11.1. The van der Waals surface area contributed by atoms with Crippen LogP contribution in [-0.2, 0) is 4.79 Å². The number of carbonyl (C=O) groups is 1. The van der Waals surface area contributed by atoms with E-state index in [1.54, 1.807) is 6.92 Å². The topological polar surface area (TPSA) is 66.6 Å². The summed E-state index contributed by atoms with van der Waals surface area (Å²) in [6, 6.07) is 5.75. The van der Waals surface area contributed by atoms with Gasteiger partial charge in [0.1, 0.15) is 0 Å². The molecule has 0 aromatic heterocycles. The molecule has 0 aliphatic rings. The highest BCUT2D eigenvalue weighted by Crippen LogP contribution is 2.30. The van der Waals surface area contributed by atoms with Gasteiger partial charge in [-0.25, -0.2) is 0 Å². The van der Waals surface area contributed by atoms with Gasteiger partial charge in [-0.2, -0.15) is 0 Å². The standard InChI is InChI=1S/C13H19BrN2O2/c1-8(2)16(7-13(15)18)12-5-4-10(9(3)17)6-11(12)14/h4-6,8-9,17H,7H2,1-3H3,(H2,15,18). The number of nitrogens with zero attached hydrogens (tertiary/aromatic N) is 1. The normalized spacial score (nSPS) is 12.6. The lowest BCUT2D eigenvalue weighted by atomic mass is 10.1. The lowest BCUT2D eigenvalue weighted by Crippen LogP contribution is -2.38. The summed E-state index contributed by atoms with van der Waals surface area (Å²) < 4.78 is 0.843. The molecule has 0 aliphatic carbocycles. The van der Waals surface area contributed by atoms with E-state index in [1.807, 2.05) is 36.9 Å². The van der Waals surface area contributed by atoms with Crippen LogP contribution in [-0.4, -0.2) is 23.6 Å². The Morgan fingerprint density at radius 3 is 2.44 bits per heavy atom. The molecule has 1 unspecified atom stereocenters. The summed E-state index contributed by atoms with van der Waals surface area (Å²) in [5.41, 5.74) is 6.98. The maximum Gasteiger partial charge on any atom is 0.236 e. The number of hydrogen-bond acceptors (Lipinski definition) is 3. The predicted octanol–water partition coefficient (Wildman–Crippen LogP) is 2.20. The molecule has 18 heavy (non-hydrogen) atoms. The number of benzene rings is 1. The Morgan fingerprint density at radius 1 is 1.44 bits per heavy atom. The molecule has 0 bridgehead atoms. The molecule has 3 N–H and O–H groups in total. The van der Waals surface area contributed by atoms with Crippen molar-refractivity contribution in [2.45, 2.75) is 32.9 Å². The van der Waals surface area contributed by atoms with E-state index < -0.39 is 6.10 Å². The van der Waals surface area contributed by atoms with Crippen molar-refractivity contribution < 1.29 is 9.90 Å². The third kappa shape index (κ3) is 3.71. The Balaban J connectivity index is 3.09. The number of halogens is 1. The maximum absolute atomic E-state index is 11.1. The average Bonchev–Trinajstić information content (AvgIpc) is 2.25. The zero-order chi connectivity index (χ0) is 13.9. The van der Waals surface area contributed by atoms with Crippen molar-refractivity contribution >= 4 is 27.5 Å². The number of primary amides is 1. The highest BCUT2D eigenvalue weighted by Gasteiger charge is 2.16. The summed E-state index contributed by atoms with van der Waals surface area (Å²) in [6.07, 6.45) is -0.515. The van der Waals surface area contributed by atoms with E-state index >= 15 is 0 Å². The smallest absolute Gasteiger partial charge is 0.236 e. The second-order valence-corrected chi connectivity index (χ2v) is 5.43. The Bertz CT molecular complexity index is 433. The second-order valence-electron chi connectivity index (χ2n) is 4.57. The summed E-state index contributed by atoms with van der Waals surface area (Å²) in [7, 11) is 0. The second kappa shape index (κ2) is 6.20. The quantitative estimate of drug-likeness (QED) is 0.875. The van der Waals surface area contributed by atoms with E-state index in [-0.39, 0.29) is 18.5 Å². The monoisotopic (exact) mass is 314 g/mol. The minimum atomic E-state index is -0.515. The van der Waals surface area contributed by atoms with Crippen molar-refractivity contribution in [3.05, 3.63) is 28.2 Å². The van der Waals surface area contributed by atoms with Crippen molar-refractivity contribution in [2.75, 3.05) is 11.4 Å². The summed E-state index contributed by atoms with van der Waals surface area (Å²) in [6.45, 7) is 5.88. The molecule has 100 valence electrons. The fourth-order valence-electron chi connectivity index (χ4n) is 1.73. The summed E-state index contributed by atoms with van der Waals surface area (Å²) >= 11 is 3.47. The number of aliphatic hydroxyl groups excluding tert-OH is 1. The van der Waals surface area contributed by atoms with Crippen LogP contribution in [0.25, 0.3) is 0 Å². The van der Waals surface area contributed by atoms with Crippen molar-refractivity contribution in [1.82, 2.24) is 0 Å². The zero-order valence-corrected chi connectivity index (χ0v) is 12.4. The Kier molecular flexibility index (Phi) is 5.16. The van der Waals surface area contributed by atoms with Gasteiger partial charge in [0.2, 0.25) is 5.91 Å². The van der Waals surface area contributed by atoms with E-state index in [4.69, 9.17) is 5.73 Å². The van der Waals surface area contributed by atoms with Crippen LogP contribution in [0.5, 0.6) is 0 Å². The van der Waals surface area contributed by atoms with Crippen molar-refractivity contribution in [3.8, 4) is 0 Å². The Labute approximate surface area is 116 Å². The number of anilines is 1. The predicted molar refractivity (Wildman–Crippen MR) is 76.5 cm³/mol. The van der Waals surface area contributed by atoms with E-state index in [0.29, 0.717) is 0 Å². The van der Waals surface area contributed by atoms with Crippen molar-refractivity contribution in [1.29, 1.82) is 0 Å². The molecular formula is C13H19BrN2O2. The summed E-state index contributed by atoms with van der Waals surface area (Å²) in [4.78, 5) is 13.0. The number of hydrogen-bond donors (Lipinski definition) is 2. The lowest BCUT2D eigenvalue weighted by molar-refractivity contribution is -0.116. The number of rotatable bonds is 5. The molecule has 0 saturated carbocycles. The molecule has 1 amide bonds. The largest absolute Gasteiger partial charge is 0.389 e. The van der Waals surface area contributed by atoms with Gasteiger partial charge < -0.3 is 15.7 Å². The van der Waals surface area contributed by atoms with Gasteiger partial charge in [-0.05, 0) is 54.4 Å². The molecule has 0 heterocycles. The van der Waals surface area contributed by atoms with E-state index in [9.17, 15) is 9.90 Å².